The lowest BCUT2D eigenvalue weighted by molar-refractivity contribution is 0.415. The minimum absolute atomic E-state index is 0.00115. The van der Waals surface area contributed by atoms with Crippen molar-refractivity contribution < 1.29 is 9.15 Å². The van der Waals surface area contributed by atoms with Gasteiger partial charge in [-0.15, -0.1) is 0 Å². The maximum Gasteiger partial charge on any atom is 0.227 e. The van der Waals surface area contributed by atoms with Crippen LogP contribution in [0.5, 0.6) is 5.75 Å². The van der Waals surface area contributed by atoms with Crippen molar-refractivity contribution in [2.24, 2.45) is 0 Å². The van der Waals surface area contributed by atoms with Gasteiger partial charge in [0.1, 0.15) is 29.0 Å². The number of hydrogen-bond acceptors (Lipinski definition) is 6. The molecular formula is C19H14N4O2. The minimum atomic E-state index is -0.00115. The number of aromatic nitrogens is 1. The van der Waals surface area contributed by atoms with Gasteiger partial charge in [-0.3, -0.25) is 0 Å². The molecule has 0 fully saturated rings. The molecule has 0 aliphatic carbocycles. The van der Waals surface area contributed by atoms with Crippen molar-refractivity contribution in [2.45, 2.75) is 6.92 Å². The monoisotopic (exact) mass is 330 g/mol. The van der Waals surface area contributed by atoms with Gasteiger partial charge in [0.25, 0.3) is 0 Å². The molecule has 0 radical (unpaired) electrons. The summed E-state index contributed by atoms with van der Waals surface area (Å²) in [7, 11) is 1.60. The lowest BCUT2D eigenvalue weighted by Gasteiger charge is -2.08. The quantitative estimate of drug-likeness (QED) is 0.722. The van der Waals surface area contributed by atoms with Crippen molar-refractivity contribution >= 4 is 16.8 Å². The molecule has 122 valence electrons. The van der Waals surface area contributed by atoms with Crippen LogP contribution in [0.3, 0.4) is 0 Å². The Morgan fingerprint density at radius 1 is 1.24 bits per heavy atom. The van der Waals surface area contributed by atoms with E-state index in [0.717, 1.165) is 16.8 Å². The van der Waals surface area contributed by atoms with Crippen LogP contribution in [-0.2, 0) is 0 Å². The lowest BCUT2D eigenvalue weighted by Crippen LogP contribution is -1.94. The van der Waals surface area contributed by atoms with E-state index in [4.69, 9.17) is 19.7 Å². The van der Waals surface area contributed by atoms with Gasteiger partial charge in [-0.1, -0.05) is 6.07 Å². The van der Waals surface area contributed by atoms with Crippen molar-refractivity contribution in [1.82, 2.24) is 4.98 Å². The van der Waals surface area contributed by atoms with Crippen LogP contribution in [0, 0.1) is 29.6 Å². The average molecular weight is 330 g/mol. The summed E-state index contributed by atoms with van der Waals surface area (Å²) < 4.78 is 11.0. The average Bonchev–Trinajstić information content (AvgIpc) is 3.06. The van der Waals surface area contributed by atoms with Gasteiger partial charge in [-0.25, -0.2) is 4.98 Å². The number of nitriles is 2. The van der Waals surface area contributed by atoms with Gasteiger partial charge in [0, 0.05) is 23.5 Å². The van der Waals surface area contributed by atoms with Gasteiger partial charge in [-0.05, 0) is 36.8 Å². The zero-order valence-electron chi connectivity index (χ0n) is 13.7. The first kappa shape index (κ1) is 16.1. The van der Waals surface area contributed by atoms with E-state index >= 15 is 0 Å². The van der Waals surface area contributed by atoms with E-state index in [1.54, 1.807) is 7.11 Å². The second-order valence-corrected chi connectivity index (χ2v) is 5.26. The third kappa shape index (κ3) is 3.15. The molecular weight excluding hydrogens is 316 g/mol. The first-order chi connectivity index (χ1) is 12.2. The number of allylic oxidation sites excluding steroid dienone is 1. The number of anilines is 1. The molecule has 0 saturated heterocycles. The maximum absolute atomic E-state index is 8.81. The molecule has 0 aliphatic rings. The molecule has 0 atom stereocenters. The zero-order chi connectivity index (χ0) is 17.8. The highest BCUT2D eigenvalue weighted by molar-refractivity contribution is 5.79. The number of methoxy groups -OCH3 is 1. The van der Waals surface area contributed by atoms with E-state index in [2.05, 4.69) is 10.3 Å². The van der Waals surface area contributed by atoms with Crippen molar-refractivity contribution in [3.8, 4) is 29.3 Å². The van der Waals surface area contributed by atoms with Crippen LogP contribution < -0.4 is 10.1 Å². The molecule has 0 saturated carbocycles. The normalized spacial score (nSPS) is 9.92. The summed E-state index contributed by atoms with van der Waals surface area (Å²) >= 11 is 0. The van der Waals surface area contributed by atoms with E-state index in [1.165, 1.54) is 6.20 Å². The number of oxazole rings is 1. The number of ether oxygens (including phenoxy) is 1. The fourth-order valence-electron chi connectivity index (χ4n) is 2.41. The number of nitrogens with zero attached hydrogens (tertiary/aromatic N) is 3. The van der Waals surface area contributed by atoms with E-state index < -0.39 is 0 Å². The summed E-state index contributed by atoms with van der Waals surface area (Å²) in [6.45, 7) is 1.92. The third-order valence-electron chi connectivity index (χ3n) is 3.77. The second-order valence-electron chi connectivity index (χ2n) is 5.26. The van der Waals surface area contributed by atoms with Gasteiger partial charge < -0.3 is 14.5 Å². The summed E-state index contributed by atoms with van der Waals surface area (Å²) in [6.07, 6.45) is 1.38. The molecule has 0 unspecified atom stereocenters. The zero-order valence-corrected chi connectivity index (χ0v) is 13.7. The Morgan fingerprint density at radius 2 is 2.04 bits per heavy atom. The van der Waals surface area contributed by atoms with Crippen LogP contribution >= 0.6 is 0 Å². The highest BCUT2D eigenvalue weighted by Gasteiger charge is 2.13. The Bertz CT molecular complexity index is 1040. The van der Waals surface area contributed by atoms with Crippen molar-refractivity contribution in [3.63, 3.8) is 0 Å². The van der Waals surface area contributed by atoms with Crippen LogP contribution in [0.1, 0.15) is 5.56 Å². The molecule has 6 heteroatoms. The third-order valence-corrected chi connectivity index (χ3v) is 3.77. The number of nitrogens with one attached hydrogen (secondary N) is 1. The fraction of sp³-hybridized carbons (Fsp3) is 0.105. The Morgan fingerprint density at radius 3 is 2.76 bits per heavy atom. The van der Waals surface area contributed by atoms with Crippen LogP contribution in [-0.4, -0.2) is 12.1 Å². The standard InChI is InChI=1S/C19H14N4O2/c1-12-15(4-3-5-16(12)22-11-13(9-20)10-21)19-23-17-8-14(24-2)6-7-18(17)25-19/h3-8,11,22H,1-2H3. The van der Waals surface area contributed by atoms with Gasteiger partial charge in [0.05, 0.1) is 7.11 Å². The first-order valence-corrected chi connectivity index (χ1v) is 7.47. The molecule has 0 spiro atoms. The molecule has 2 aromatic carbocycles. The van der Waals surface area contributed by atoms with Crippen molar-refractivity contribution in [3.05, 3.63) is 53.7 Å². The van der Waals surface area contributed by atoms with Gasteiger partial charge in [0.15, 0.2) is 5.58 Å². The predicted octanol–water partition coefficient (Wildman–Crippen LogP) is 4.15. The molecule has 6 nitrogen and oxygen atoms in total. The van der Waals surface area contributed by atoms with Gasteiger partial charge >= 0.3 is 0 Å². The van der Waals surface area contributed by atoms with Crippen LogP contribution in [0.2, 0.25) is 0 Å². The number of hydrogen-bond donors (Lipinski definition) is 1. The molecule has 3 rings (SSSR count). The molecule has 0 bridgehead atoms. The molecule has 1 heterocycles. The minimum Gasteiger partial charge on any atom is -0.497 e. The molecule has 25 heavy (non-hydrogen) atoms. The highest BCUT2D eigenvalue weighted by atomic mass is 16.5. The Hall–Kier alpha value is -3.77. The summed E-state index contributed by atoms with van der Waals surface area (Å²) in [5.41, 5.74) is 3.86. The van der Waals surface area contributed by atoms with E-state index in [-0.39, 0.29) is 5.57 Å². The Balaban J connectivity index is 2.01. The van der Waals surface area contributed by atoms with E-state index in [0.29, 0.717) is 22.7 Å². The van der Waals surface area contributed by atoms with Gasteiger partial charge in [0.2, 0.25) is 5.89 Å². The van der Waals surface area contributed by atoms with Crippen LogP contribution in [0.15, 0.2) is 52.6 Å². The Kier molecular flexibility index (Phi) is 4.36. The van der Waals surface area contributed by atoms with E-state index in [1.807, 2.05) is 55.5 Å². The Labute approximate surface area is 144 Å². The number of rotatable bonds is 4. The lowest BCUT2D eigenvalue weighted by atomic mass is 10.1. The number of fused-ring (bicyclic) bond motifs is 1. The first-order valence-electron chi connectivity index (χ1n) is 7.47. The molecule has 0 aliphatic heterocycles. The SMILES string of the molecule is COc1ccc2oc(-c3cccc(NC=C(C#N)C#N)c3C)nc2c1. The second kappa shape index (κ2) is 6.77. The molecule has 0 amide bonds. The molecule has 1 N–H and O–H groups in total. The van der Waals surface area contributed by atoms with Gasteiger partial charge in [-0.2, -0.15) is 10.5 Å². The summed E-state index contributed by atoms with van der Waals surface area (Å²) in [5.74, 6) is 1.21. The van der Waals surface area contributed by atoms with E-state index in [9.17, 15) is 0 Å². The molecule has 1 aromatic heterocycles. The van der Waals surface area contributed by atoms with Crippen molar-refractivity contribution in [2.75, 3.05) is 12.4 Å². The number of benzene rings is 2. The van der Waals surface area contributed by atoms with Crippen molar-refractivity contribution in [1.29, 1.82) is 10.5 Å². The summed E-state index contributed by atoms with van der Waals surface area (Å²) in [4.78, 5) is 4.53. The van der Waals surface area contributed by atoms with Crippen LogP contribution in [0.25, 0.3) is 22.6 Å². The smallest absolute Gasteiger partial charge is 0.227 e. The molecule has 3 aromatic rings. The maximum atomic E-state index is 8.81. The van der Waals surface area contributed by atoms with Crippen LogP contribution in [0.4, 0.5) is 5.69 Å². The summed E-state index contributed by atoms with van der Waals surface area (Å²) in [5, 5.41) is 20.6. The topological polar surface area (TPSA) is 94.9 Å². The predicted molar refractivity (Wildman–Crippen MR) is 93.7 cm³/mol. The highest BCUT2D eigenvalue weighted by Crippen LogP contribution is 2.31. The largest absolute Gasteiger partial charge is 0.497 e. The summed E-state index contributed by atoms with van der Waals surface area (Å²) in [6, 6.07) is 14.7. The fourth-order valence-corrected chi connectivity index (χ4v) is 2.41.